The van der Waals surface area contributed by atoms with Crippen LogP contribution in [0.2, 0.25) is 0 Å². The molecule has 0 saturated carbocycles. The van der Waals surface area contributed by atoms with Crippen LogP contribution < -0.4 is 5.73 Å². The number of halogens is 1. The van der Waals surface area contributed by atoms with Crippen LogP contribution in [0, 0.1) is 12.7 Å². The average Bonchev–Trinajstić information content (AvgIpc) is 2.21. The molecule has 1 rings (SSSR count). The van der Waals surface area contributed by atoms with E-state index in [4.69, 9.17) is 10.5 Å². The third-order valence-corrected chi connectivity index (χ3v) is 2.12. The number of hydrogen-bond donors (Lipinski definition) is 1. The van der Waals surface area contributed by atoms with Gasteiger partial charge in [-0.3, -0.25) is 0 Å². The van der Waals surface area contributed by atoms with Crippen LogP contribution in [0.4, 0.5) is 4.39 Å². The van der Waals surface area contributed by atoms with Gasteiger partial charge in [-0.25, -0.2) is 9.18 Å². The maximum Gasteiger partial charge on any atom is 0.327 e. The summed E-state index contributed by atoms with van der Waals surface area (Å²) >= 11 is 0. The van der Waals surface area contributed by atoms with Crippen LogP contribution in [0.25, 0.3) is 0 Å². The van der Waals surface area contributed by atoms with E-state index in [1.165, 1.54) is 12.1 Å². The summed E-state index contributed by atoms with van der Waals surface area (Å²) in [6.45, 7) is 3.73. The Labute approximate surface area is 88.0 Å². The number of nitrogens with two attached hydrogens (primary N) is 1. The van der Waals surface area contributed by atoms with Crippen LogP contribution in [0.1, 0.15) is 24.1 Å². The molecular formula is C11H14FNO2. The fourth-order valence-corrected chi connectivity index (χ4v) is 1.31. The molecule has 0 radical (unpaired) electrons. The predicted molar refractivity (Wildman–Crippen MR) is 54.7 cm³/mol. The first kappa shape index (κ1) is 11.7. The number of hydrogen-bond acceptors (Lipinski definition) is 3. The smallest absolute Gasteiger partial charge is 0.327 e. The zero-order chi connectivity index (χ0) is 11.4. The third kappa shape index (κ3) is 2.76. The molecule has 0 aliphatic rings. The van der Waals surface area contributed by atoms with Gasteiger partial charge in [0.15, 0.2) is 0 Å². The molecule has 0 fully saturated rings. The highest BCUT2D eigenvalue weighted by Crippen LogP contribution is 2.18. The average molecular weight is 211 g/mol. The lowest BCUT2D eigenvalue weighted by Gasteiger charge is -2.13. The minimum absolute atomic E-state index is 0.265. The molecule has 0 amide bonds. The number of esters is 1. The van der Waals surface area contributed by atoms with Crippen LogP contribution in [-0.2, 0) is 9.53 Å². The number of rotatable bonds is 3. The summed E-state index contributed by atoms with van der Waals surface area (Å²) in [6.07, 6.45) is 0. The zero-order valence-corrected chi connectivity index (χ0v) is 8.79. The van der Waals surface area contributed by atoms with Gasteiger partial charge in [0.25, 0.3) is 0 Å². The first-order valence-corrected chi connectivity index (χ1v) is 4.74. The highest BCUT2D eigenvalue weighted by atomic mass is 19.1. The van der Waals surface area contributed by atoms with Crippen LogP contribution in [0.15, 0.2) is 18.2 Å². The number of benzene rings is 1. The van der Waals surface area contributed by atoms with Gasteiger partial charge in [0, 0.05) is 0 Å². The van der Waals surface area contributed by atoms with Crippen molar-refractivity contribution in [3.05, 3.63) is 35.1 Å². The quantitative estimate of drug-likeness (QED) is 0.774. The molecule has 3 nitrogen and oxygen atoms in total. The molecule has 15 heavy (non-hydrogen) atoms. The molecule has 0 spiro atoms. The van der Waals surface area contributed by atoms with E-state index in [2.05, 4.69) is 0 Å². The Morgan fingerprint density at radius 2 is 2.27 bits per heavy atom. The van der Waals surface area contributed by atoms with E-state index in [0.29, 0.717) is 5.56 Å². The maximum absolute atomic E-state index is 12.9. The minimum atomic E-state index is -0.916. The molecule has 0 aliphatic heterocycles. The molecule has 1 aromatic carbocycles. The van der Waals surface area contributed by atoms with Gasteiger partial charge in [0.1, 0.15) is 11.9 Å². The van der Waals surface area contributed by atoms with E-state index in [1.807, 2.05) is 0 Å². The van der Waals surface area contributed by atoms with Crippen molar-refractivity contribution >= 4 is 5.97 Å². The normalized spacial score (nSPS) is 12.3. The molecule has 0 heterocycles. The Morgan fingerprint density at radius 1 is 1.60 bits per heavy atom. The standard InChI is InChI=1S/C11H14FNO2/c1-3-15-11(14)10(13)9-6-8(12)5-4-7(9)2/h4-6,10H,3,13H2,1-2H3. The topological polar surface area (TPSA) is 52.3 Å². The first-order valence-electron chi connectivity index (χ1n) is 4.74. The van der Waals surface area contributed by atoms with E-state index >= 15 is 0 Å². The Morgan fingerprint density at radius 3 is 2.87 bits per heavy atom. The lowest BCUT2D eigenvalue weighted by Crippen LogP contribution is -2.24. The Balaban J connectivity index is 2.94. The van der Waals surface area contributed by atoms with Gasteiger partial charge >= 0.3 is 5.97 Å². The molecular weight excluding hydrogens is 197 g/mol. The third-order valence-electron chi connectivity index (χ3n) is 2.12. The van der Waals surface area contributed by atoms with Gasteiger partial charge < -0.3 is 10.5 Å². The van der Waals surface area contributed by atoms with E-state index in [0.717, 1.165) is 5.56 Å². The molecule has 82 valence electrons. The van der Waals surface area contributed by atoms with E-state index < -0.39 is 17.8 Å². The number of carbonyl (C=O) groups is 1. The van der Waals surface area contributed by atoms with Crippen LogP contribution in [0.5, 0.6) is 0 Å². The van der Waals surface area contributed by atoms with Gasteiger partial charge in [-0.2, -0.15) is 0 Å². The fraction of sp³-hybridized carbons (Fsp3) is 0.364. The maximum atomic E-state index is 12.9. The highest BCUT2D eigenvalue weighted by molar-refractivity contribution is 5.77. The monoisotopic (exact) mass is 211 g/mol. The molecule has 1 aromatic rings. The fourth-order valence-electron chi connectivity index (χ4n) is 1.31. The summed E-state index contributed by atoms with van der Waals surface area (Å²) < 4.78 is 17.7. The van der Waals surface area contributed by atoms with E-state index in [9.17, 15) is 9.18 Å². The Kier molecular flexibility index (Phi) is 3.80. The van der Waals surface area contributed by atoms with Crippen molar-refractivity contribution in [3.63, 3.8) is 0 Å². The SMILES string of the molecule is CCOC(=O)C(N)c1cc(F)ccc1C. The van der Waals surface area contributed by atoms with Gasteiger partial charge in [-0.1, -0.05) is 6.07 Å². The van der Waals surface area contributed by atoms with Crippen molar-refractivity contribution in [1.82, 2.24) is 0 Å². The van der Waals surface area contributed by atoms with Crippen molar-refractivity contribution in [2.75, 3.05) is 6.61 Å². The molecule has 0 aromatic heterocycles. The molecule has 0 saturated heterocycles. The summed E-state index contributed by atoms with van der Waals surface area (Å²) in [7, 11) is 0. The molecule has 1 unspecified atom stereocenters. The molecule has 0 bridgehead atoms. The molecule has 4 heteroatoms. The van der Waals surface area contributed by atoms with E-state index in [-0.39, 0.29) is 6.61 Å². The Hall–Kier alpha value is -1.42. The summed E-state index contributed by atoms with van der Waals surface area (Å²) in [5, 5.41) is 0. The first-order chi connectivity index (χ1) is 7.06. The largest absolute Gasteiger partial charge is 0.465 e. The van der Waals surface area contributed by atoms with Crippen LogP contribution >= 0.6 is 0 Å². The van der Waals surface area contributed by atoms with Crippen molar-refractivity contribution in [1.29, 1.82) is 0 Å². The zero-order valence-electron chi connectivity index (χ0n) is 8.79. The van der Waals surface area contributed by atoms with Crippen molar-refractivity contribution in [2.45, 2.75) is 19.9 Å². The van der Waals surface area contributed by atoms with Crippen LogP contribution in [0.3, 0.4) is 0 Å². The van der Waals surface area contributed by atoms with Crippen molar-refractivity contribution in [3.8, 4) is 0 Å². The summed E-state index contributed by atoms with van der Waals surface area (Å²) in [4.78, 5) is 11.3. The second-order valence-corrected chi connectivity index (χ2v) is 3.23. The highest BCUT2D eigenvalue weighted by Gasteiger charge is 2.19. The van der Waals surface area contributed by atoms with Crippen LogP contribution in [-0.4, -0.2) is 12.6 Å². The second-order valence-electron chi connectivity index (χ2n) is 3.23. The molecule has 2 N–H and O–H groups in total. The van der Waals surface area contributed by atoms with Gasteiger partial charge in [-0.05, 0) is 37.1 Å². The molecule has 0 aliphatic carbocycles. The number of ether oxygens (including phenoxy) is 1. The number of carbonyl (C=O) groups excluding carboxylic acids is 1. The van der Waals surface area contributed by atoms with Crippen molar-refractivity contribution < 1.29 is 13.9 Å². The molecule has 1 atom stereocenters. The summed E-state index contributed by atoms with van der Waals surface area (Å²) in [5.74, 6) is -0.943. The van der Waals surface area contributed by atoms with Gasteiger partial charge in [-0.15, -0.1) is 0 Å². The predicted octanol–water partition coefficient (Wildman–Crippen LogP) is 1.70. The minimum Gasteiger partial charge on any atom is -0.465 e. The second kappa shape index (κ2) is 4.89. The van der Waals surface area contributed by atoms with Gasteiger partial charge in [0.2, 0.25) is 0 Å². The number of aryl methyl sites for hydroxylation is 1. The Bertz CT molecular complexity index is 366. The lowest BCUT2D eigenvalue weighted by molar-refractivity contribution is -0.144. The van der Waals surface area contributed by atoms with Gasteiger partial charge in [0.05, 0.1) is 6.61 Å². The lowest BCUT2D eigenvalue weighted by atomic mass is 10.0. The summed E-state index contributed by atoms with van der Waals surface area (Å²) in [6, 6.07) is 3.26. The summed E-state index contributed by atoms with van der Waals surface area (Å²) in [5.41, 5.74) is 6.89. The van der Waals surface area contributed by atoms with E-state index in [1.54, 1.807) is 19.9 Å². The van der Waals surface area contributed by atoms with Crippen molar-refractivity contribution in [2.24, 2.45) is 5.73 Å².